The molecule has 0 aromatic rings. The van der Waals surface area contributed by atoms with Gasteiger partial charge in [0.2, 0.25) is 0 Å². The van der Waals surface area contributed by atoms with Crippen LogP contribution in [0.15, 0.2) is 0 Å². The molecular weight excluding hydrogens is 264 g/mol. The van der Waals surface area contributed by atoms with Crippen molar-refractivity contribution in [1.29, 1.82) is 0 Å². The molecule has 1 aliphatic heterocycles. The Morgan fingerprint density at radius 3 is 2.57 bits per heavy atom. The molecular formula is C17H34N2O2. The maximum atomic E-state index is 11.3. The summed E-state index contributed by atoms with van der Waals surface area (Å²) in [5.74, 6) is 0.829. The van der Waals surface area contributed by atoms with E-state index < -0.39 is 0 Å². The third-order valence-corrected chi connectivity index (χ3v) is 4.18. The Balaban J connectivity index is 2.11. The minimum absolute atomic E-state index is 0.0439. The molecule has 0 atom stereocenters. The van der Waals surface area contributed by atoms with Crippen molar-refractivity contribution in [1.82, 2.24) is 10.2 Å². The van der Waals surface area contributed by atoms with Gasteiger partial charge < -0.3 is 15.0 Å². The molecule has 0 bridgehead atoms. The van der Waals surface area contributed by atoms with E-state index in [0.29, 0.717) is 13.0 Å². The largest absolute Gasteiger partial charge is 0.466 e. The van der Waals surface area contributed by atoms with Crippen LogP contribution in [0, 0.1) is 5.92 Å². The highest BCUT2D eigenvalue weighted by Gasteiger charge is 2.16. The first-order valence-corrected chi connectivity index (χ1v) is 8.85. The predicted molar refractivity (Wildman–Crippen MR) is 87.4 cm³/mol. The number of unbranched alkanes of at least 4 members (excludes halogenated alkanes) is 2. The summed E-state index contributed by atoms with van der Waals surface area (Å²) in [6.07, 6.45) is 7.75. The Bertz CT molecular complexity index is 266. The van der Waals surface area contributed by atoms with Crippen LogP contribution >= 0.6 is 0 Å². The molecule has 0 aliphatic carbocycles. The van der Waals surface area contributed by atoms with Crippen LogP contribution in [0.25, 0.3) is 0 Å². The normalized spacial score (nSPS) is 16.3. The lowest BCUT2D eigenvalue weighted by molar-refractivity contribution is -0.143. The topological polar surface area (TPSA) is 41.6 Å². The number of piperidine rings is 1. The number of nitrogens with zero attached hydrogens (tertiary/aromatic N) is 1. The fourth-order valence-electron chi connectivity index (χ4n) is 3.05. The minimum Gasteiger partial charge on any atom is -0.466 e. The summed E-state index contributed by atoms with van der Waals surface area (Å²) < 4.78 is 4.95. The summed E-state index contributed by atoms with van der Waals surface area (Å²) in [7, 11) is 0. The van der Waals surface area contributed by atoms with Gasteiger partial charge in [0.1, 0.15) is 0 Å². The van der Waals surface area contributed by atoms with Crippen molar-refractivity contribution in [2.24, 2.45) is 5.92 Å². The minimum atomic E-state index is -0.0439. The van der Waals surface area contributed by atoms with E-state index in [1.807, 2.05) is 6.92 Å². The first-order chi connectivity index (χ1) is 10.3. The van der Waals surface area contributed by atoms with Gasteiger partial charge in [-0.05, 0) is 71.1 Å². The molecule has 1 saturated heterocycles. The molecule has 4 heteroatoms. The van der Waals surface area contributed by atoms with Crippen LogP contribution in [0.1, 0.15) is 58.8 Å². The van der Waals surface area contributed by atoms with E-state index in [2.05, 4.69) is 17.1 Å². The van der Waals surface area contributed by atoms with Gasteiger partial charge >= 0.3 is 5.97 Å². The van der Waals surface area contributed by atoms with Gasteiger partial charge in [0.25, 0.3) is 0 Å². The number of rotatable bonds is 11. The summed E-state index contributed by atoms with van der Waals surface area (Å²) in [5, 5.41) is 3.44. The van der Waals surface area contributed by atoms with Gasteiger partial charge in [-0.25, -0.2) is 0 Å². The Morgan fingerprint density at radius 1 is 1.14 bits per heavy atom. The predicted octanol–water partition coefficient (Wildman–Crippen LogP) is 2.82. The van der Waals surface area contributed by atoms with Crippen molar-refractivity contribution in [2.45, 2.75) is 58.8 Å². The average Bonchev–Trinajstić information content (AvgIpc) is 2.48. The van der Waals surface area contributed by atoms with Crippen LogP contribution in [-0.4, -0.2) is 50.2 Å². The van der Waals surface area contributed by atoms with Crippen LogP contribution in [0.4, 0.5) is 0 Å². The molecule has 0 aromatic carbocycles. The zero-order valence-electron chi connectivity index (χ0n) is 14.0. The number of ether oxygens (including phenoxy) is 1. The molecule has 0 unspecified atom stereocenters. The average molecular weight is 298 g/mol. The van der Waals surface area contributed by atoms with E-state index in [4.69, 9.17) is 4.74 Å². The highest BCUT2D eigenvalue weighted by Crippen LogP contribution is 2.14. The molecule has 1 aliphatic rings. The van der Waals surface area contributed by atoms with Crippen LogP contribution in [0.5, 0.6) is 0 Å². The monoisotopic (exact) mass is 298 g/mol. The summed E-state index contributed by atoms with van der Waals surface area (Å²) in [4.78, 5) is 13.9. The van der Waals surface area contributed by atoms with Crippen molar-refractivity contribution in [2.75, 3.05) is 39.3 Å². The van der Waals surface area contributed by atoms with Gasteiger partial charge in [0.15, 0.2) is 0 Å². The maximum absolute atomic E-state index is 11.3. The highest BCUT2D eigenvalue weighted by molar-refractivity contribution is 5.69. The number of hydrogen-bond acceptors (Lipinski definition) is 4. The van der Waals surface area contributed by atoms with Crippen LogP contribution in [0.2, 0.25) is 0 Å². The Morgan fingerprint density at radius 2 is 1.90 bits per heavy atom. The van der Waals surface area contributed by atoms with Crippen molar-refractivity contribution < 1.29 is 9.53 Å². The number of hydrogen-bond donors (Lipinski definition) is 1. The second-order valence-electron chi connectivity index (χ2n) is 6.11. The first-order valence-electron chi connectivity index (χ1n) is 8.85. The van der Waals surface area contributed by atoms with Crippen molar-refractivity contribution in [3.8, 4) is 0 Å². The second-order valence-corrected chi connectivity index (χ2v) is 6.11. The van der Waals surface area contributed by atoms with Crippen LogP contribution in [0.3, 0.4) is 0 Å². The standard InChI is InChI=1S/C17H34N2O2/c1-3-13-19(15-16-9-11-18-12-10-16)14-7-5-6-8-17(20)21-4-2/h16,18H,3-15H2,1-2H3. The lowest BCUT2D eigenvalue weighted by Gasteiger charge is -2.30. The Hall–Kier alpha value is -0.610. The third-order valence-electron chi connectivity index (χ3n) is 4.18. The van der Waals surface area contributed by atoms with E-state index >= 15 is 0 Å². The Kier molecular flexibility index (Phi) is 10.5. The summed E-state index contributed by atoms with van der Waals surface area (Å²) >= 11 is 0. The SMILES string of the molecule is CCCN(CCCCCC(=O)OCC)CC1CCNCC1. The number of carbonyl (C=O) groups is 1. The molecule has 1 N–H and O–H groups in total. The van der Waals surface area contributed by atoms with E-state index in [0.717, 1.165) is 18.8 Å². The third kappa shape index (κ3) is 9.10. The zero-order valence-corrected chi connectivity index (χ0v) is 14.0. The molecule has 1 rings (SSSR count). The fraction of sp³-hybridized carbons (Fsp3) is 0.941. The highest BCUT2D eigenvalue weighted by atomic mass is 16.5. The summed E-state index contributed by atoms with van der Waals surface area (Å²) in [5.41, 5.74) is 0. The van der Waals surface area contributed by atoms with E-state index in [1.54, 1.807) is 0 Å². The van der Waals surface area contributed by atoms with E-state index in [-0.39, 0.29) is 5.97 Å². The van der Waals surface area contributed by atoms with Crippen LogP contribution < -0.4 is 5.32 Å². The molecule has 1 heterocycles. The van der Waals surface area contributed by atoms with Crippen molar-refractivity contribution in [3.05, 3.63) is 0 Å². The van der Waals surface area contributed by atoms with Crippen molar-refractivity contribution >= 4 is 5.97 Å². The van der Waals surface area contributed by atoms with Gasteiger partial charge in [-0.2, -0.15) is 0 Å². The lowest BCUT2D eigenvalue weighted by Crippen LogP contribution is -2.37. The summed E-state index contributed by atoms with van der Waals surface area (Å²) in [6, 6.07) is 0. The number of nitrogens with one attached hydrogen (secondary N) is 1. The number of esters is 1. The van der Waals surface area contributed by atoms with E-state index in [1.165, 1.54) is 58.4 Å². The van der Waals surface area contributed by atoms with Crippen LogP contribution in [-0.2, 0) is 9.53 Å². The Labute approximate surface area is 130 Å². The van der Waals surface area contributed by atoms with Gasteiger partial charge in [-0.15, -0.1) is 0 Å². The van der Waals surface area contributed by atoms with Gasteiger partial charge in [0, 0.05) is 13.0 Å². The zero-order chi connectivity index (χ0) is 15.3. The van der Waals surface area contributed by atoms with Gasteiger partial charge in [-0.1, -0.05) is 13.3 Å². The second kappa shape index (κ2) is 12.0. The molecule has 1 fully saturated rings. The molecule has 0 spiro atoms. The van der Waals surface area contributed by atoms with E-state index in [9.17, 15) is 4.79 Å². The van der Waals surface area contributed by atoms with Gasteiger partial charge in [-0.3, -0.25) is 4.79 Å². The quantitative estimate of drug-likeness (QED) is 0.470. The lowest BCUT2D eigenvalue weighted by atomic mass is 9.97. The maximum Gasteiger partial charge on any atom is 0.305 e. The van der Waals surface area contributed by atoms with Crippen molar-refractivity contribution in [3.63, 3.8) is 0 Å². The molecule has 124 valence electrons. The molecule has 0 radical (unpaired) electrons. The van der Waals surface area contributed by atoms with Gasteiger partial charge in [0.05, 0.1) is 6.61 Å². The molecule has 0 aromatic heterocycles. The molecule has 0 amide bonds. The summed E-state index contributed by atoms with van der Waals surface area (Å²) in [6.45, 7) is 10.6. The first kappa shape index (κ1) is 18.4. The molecule has 0 saturated carbocycles. The molecule has 4 nitrogen and oxygen atoms in total. The number of carbonyl (C=O) groups excluding carboxylic acids is 1. The molecule has 21 heavy (non-hydrogen) atoms. The fourth-order valence-corrected chi connectivity index (χ4v) is 3.05. The smallest absolute Gasteiger partial charge is 0.305 e.